The molecule has 1 aliphatic rings. The zero-order valence-corrected chi connectivity index (χ0v) is 19.5. The molecule has 28 heavy (non-hydrogen) atoms. The number of unbranched alkanes of at least 4 members (excludes halogenated alkanes) is 1. The number of aliphatic imine (C=N–C) groups is 1. The highest BCUT2D eigenvalue weighted by molar-refractivity contribution is 14.0. The van der Waals surface area contributed by atoms with Crippen molar-refractivity contribution in [3.05, 3.63) is 54.0 Å². The molecular formula is C21H30IN3O2S. The van der Waals surface area contributed by atoms with Crippen LogP contribution in [0, 0.1) is 0 Å². The molecule has 1 unspecified atom stereocenters. The predicted octanol–water partition coefficient (Wildman–Crippen LogP) is 4.64. The van der Waals surface area contributed by atoms with Crippen LogP contribution >= 0.6 is 35.7 Å². The fraction of sp³-hybridized carbons (Fsp3) is 0.476. The Morgan fingerprint density at radius 1 is 1.21 bits per heavy atom. The lowest BCUT2D eigenvalue weighted by Gasteiger charge is -2.28. The van der Waals surface area contributed by atoms with Gasteiger partial charge in [-0.05, 0) is 43.0 Å². The lowest BCUT2D eigenvalue weighted by Crippen LogP contribution is -2.42. The summed E-state index contributed by atoms with van der Waals surface area (Å²) in [6.45, 7) is 2.35. The third-order valence-electron chi connectivity index (χ3n) is 4.54. The molecule has 0 aliphatic carbocycles. The number of thioether (sulfide) groups is 1. The Labute approximate surface area is 189 Å². The minimum Gasteiger partial charge on any atom is -0.493 e. The van der Waals surface area contributed by atoms with Gasteiger partial charge in [0, 0.05) is 31.5 Å². The van der Waals surface area contributed by atoms with E-state index < -0.39 is 0 Å². The first-order chi connectivity index (χ1) is 13.4. The van der Waals surface area contributed by atoms with Crippen LogP contribution in [-0.2, 0) is 6.42 Å². The van der Waals surface area contributed by atoms with Crippen LogP contribution in [0.15, 0.2) is 52.1 Å². The highest BCUT2D eigenvalue weighted by atomic mass is 127. The third-order valence-corrected chi connectivity index (χ3v) is 5.24. The van der Waals surface area contributed by atoms with E-state index in [1.54, 1.807) is 6.26 Å². The second kappa shape index (κ2) is 13.0. The molecule has 3 rings (SSSR count). The number of para-hydroxylation sites is 1. The minimum absolute atomic E-state index is 0. The van der Waals surface area contributed by atoms with Crippen molar-refractivity contribution in [3.8, 4) is 5.75 Å². The van der Waals surface area contributed by atoms with Gasteiger partial charge in [0.05, 0.1) is 18.9 Å². The zero-order chi connectivity index (χ0) is 18.7. The SMILES string of the molecule is CSCCCCN=C(NCCc1ccco1)NC1CCOc2ccccc21.I. The minimum atomic E-state index is 0. The number of hydrogen-bond donors (Lipinski definition) is 2. The summed E-state index contributed by atoms with van der Waals surface area (Å²) < 4.78 is 11.2. The van der Waals surface area contributed by atoms with Gasteiger partial charge in [0.1, 0.15) is 11.5 Å². The normalized spacial score (nSPS) is 15.9. The number of hydrogen-bond acceptors (Lipinski definition) is 4. The fourth-order valence-electron chi connectivity index (χ4n) is 3.12. The van der Waals surface area contributed by atoms with Crippen molar-refractivity contribution in [1.29, 1.82) is 0 Å². The number of halogens is 1. The lowest BCUT2D eigenvalue weighted by molar-refractivity contribution is 0.261. The van der Waals surface area contributed by atoms with Crippen molar-refractivity contribution in [2.75, 3.05) is 31.7 Å². The van der Waals surface area contributed by atoms with E-state index >= 15 is 0 Å². The van der Waals surface area contributed by atoms with Gasteiger partial charge in [-0.25, -0.2) is 0 Å². The van der Waals surface area contributed by atoms with Crippen molar-refractivity contribution < 1.29 is 9.15 Å². The Balaban J connectivity index is 0.00000280. The van der Waals surface area contributed by atoms with Crippen molar-refractivity contribution in [2.24, 2.45) is 4.99 Å². The van der Waals surface area contributed by atoms with Crippen molar-refractivity contribution >= 4 is 41.7 Å². The number of nitrogens with zero attached hydrogens (tertiary/aromatic N) is 1. The van der Waals surface area contributed by atoms with Crippen molar-refractivity contribution in [2.45, 2.75) is 31.7 Å². The molecule has 0 saturated carbocycles. The van der Waals surface area contributed by atoms with Gasteiger partial charge in [-0.15, -0.1) is 24.0 Å². The van der Waals surface area contributed by atoms with Gasteiger partial charge >= 0.3 is 0 Å². The number of ether oxygens (including phenoxy) is 1. The van der Waals surface area contributed by atoms with Gasteiger partial charge in [-0.3, -0.25) is 4.99 Å². The molecule has 2 N–H and O–H groups in total. The molecule has 0 bridgehead atoms. The van der Waals surface area contributed by atoms with Crippen LogP contribution in [0.5, 0.6) is 5.75 Å². The standard InChI is InChI=1S/C21H29N3O2S.HI/c1-27-16-5-4-12-22-21(23-13-10-17-7-6-14-25-17)24-19-11-15-26-20-9-3-2-8-18(19)20;/h2-3,6-9,14,19H,4-5,10-13,15-16H2,1H3,(H2,22,23,24);1H. The summed E-state index contributed by atoms with van der Waals surface area (Å²) in [6.07, 6.45) is 7.94. The molecule has 0 spiro atoms. The number of benzene rings is 1. The van der Waals surface area contributed by atoms with Crippen LogP contribution < -0.4 is 15.4 Å². The van der Waals surface area contributed by atoms with Gasteiger partial charge < -0.3 is 19.8 Å². The molecule has 5 nitrogen and oxygen atoms in total. The van der Waals surface area contributed by atoms with Gasteiger partial charge in [0.15, 0.2) is 5.96 Å². The zero-order valence-electron chi connectivity index (χ0n) is 16.4. The van der Waals surface area contributed by atoms with E-state index in [0.717, 1.165) is 56.4 Å². The molecule has 1 aromatic carbocycles. The maximum atomic E-state index is 5.78. The van der Waals surface area contributed by atoms with Crippen LogP contribution in [0.4, 0.5) is 0 Å². The first-order valence-corrected chi connectivity index (χ1v) is 11.0. The molecule has 2 aromatic rings. The summed E-state index contributed by atoms with van der Waals surface area (Å²) in [4.78, 5) is 4.80. The Kier molecular flexibility index (Phi) is 10.6. The van der Waals surface area contributed by atoms with E-state index in [1.807, 2.05) is 36.0 Å². The maximum Gasteiger partial charge on any atom is 0.191 e. The molecule has 1 aromatic heterocycles. The number of furan rings is 1. The molecule has 0 radical (unpaired) electrons. The fourth-order valence-corrected chi connectivity index (χ4v) is 3.61. The van der Waals surface area contributed by atoms with E-state index in [0.29, 0.717) is 0 Å². The summed E-state index contributed by atoms with van der Waals surface area (Å²) in [5, 5.41) is 7.07. The summed E-state index contributed by atoms with van der Waals surface area (Å²) >= 11 is 1.89. The first kappa shape index (κ1) is 22.9. The third kappa shape index (κ3) is 7.24. The average Bonchev–Trinajstić information content (AvgIpc) is 3.21. The van der Waals surface area contributed by atoms with Crippen LogP contribution in [0.3, 0.4) is 0 Å². The second-order valence-corrected chi connectivity index (χ2v) is 7.54. The lowest BCUT2D eigenvalue weighted by atomic mass is 10.0. The van der Waals surface area contributed by atoms with Crippen molar-refractivity contribution in [1.82, 2.24) is 10.6 Å². The summed E-state index contributed by atoms with van der Waals surface area (Å²) in [7, 11) is 0. The number of nitrogens with one attached hydrogen (secondary N) is 2. The Morgan fingerprint density at radius 2 is 2.11 bits per heavy atom. The number of rotatable bonds is 9. The van der Waals surface area contributed by atoms with Gasteiger partial charge in [0.2, 0.25) is 0 Å². The molecular weight excluding hydrogens is 485 g/mol. The van der Waals surface area contributed by atoms with Crippen LogP contribution in [-0.4, -0.2) is 37.7 Å². The Morgan fingerprint density at radius 3 is 2.93 bits per heavy atom. The largest absolute Gasteiger partial charge is 0.493 e. The molecule has 154 valence electrons. The van der Waals surface area contributed by atoms with Gasteiger partial charge in [-0.1, -0.05) is 18.2 Å². The quantitative estimate of drug-likeness (QED) is 0.221. The highest BCUT2D eigenvalue weighted by Crippen LogP contribution is 2.31. The molecule has 1 atom stereocenters. The topological polar surface area (TPSA) is 58.8 Å². The highest BCUT2D eigenvalue weighted by Gasteiger charge is 2.21. The molecule has 2 heterocycles. The first-order valence-electron chi connectivity index (χ1n) is 9.64. The number of guanidine groups is 1. The monoisotopic (exact) mass is 515 g/mol. The molecule has 0 saturated heterocycles. The summed E-state index contributed by atoms with van der Waals surface area (Å²) in [6, 6.07) is 12.4. The van der Waals surface area contributed by atoms with Gasteiger partial charge in [-0.2, -0.15) is 11.8 Å². The maximum absolute atomic E-state index is 5.78. The van der Waals surface area contributed by atoms with E-state index in [-0.39, 0.29) is 30.0 Å². The van der Waals surface area contributed by atoms with E-state index in [9.17, 15) is 0 Å². The Hall–Kier alpha value is -1.35. The van der Waals surface area contributed by atoms with Gasteiger partial charge in [0.25, 0.3) is 0 Å². The smallest absolute Gasteiger partial charge is 0.191 e. The van der Waals surface area contributed by atoms with Crippen LogP contribution in [0.2, 0.25) is 0 Å². The van der Waals surface area contributed by atoms with Crippen LogP contribution in [0.25, 0.3) is 0 Å². The molecule has 7 heteroatoms. The van der Waals surface area contributed by atoms with Crippen molar-refractivity contribution in [3.63, 3.8) is 0 Å². The van der Waals surface area contributed by atoms with Crippen LogP contribution in [0.1, 0.15) is 36.6 Å². The van der Waals surface area contributed by atoms with E-state index in [1.165, 1.54) is 17.7 Å². The summed E-state index contributed by atoms with van der Waals surface area (Å²) in [5.41, 5.74) is 1.20. The summed E-state index contributed by atoms with van der Waals surface area (Å²) in [5.74, 6) is 4.01. The Bertz CT molecular complexity index is 709. The predicted molar refractivity (Wildman–Crippen MR) is 128 cm³/mol. The van der Waals surface area contributed by atoms with E-state index in [2.05, 4.69) is 29.0 Å². The second-order valence-electron chi connectivity index (χ2n) is 6.56. The molecule has 0 amide bonds. The molecule has 0 fully saturated rings. The average molecular weight is 515 g/mol. The van der Waals surface area contributed by atoms with E-state index in [4.69, 9.17) is 14.1 Å². The number of fused-ring (bicyclic) bond motifs is 1. The molecule has 1 aliphatic heterocycles.